The van der Waals surface area contributed by atoms with E-state index < -0.39 is 12.2 Å². The summed E-state index contributed by atoms with van der Waals surface area (Å²) >= 11 is 0. The zero-order valence-corrected chi connectivity index (χ0v) is 14.4. The maximum absolute atomic E-state index is 11.9. The molecule has 0 heterocycles. The van der Waals surface area contributed by atoms with Gasteiger partial charge in [-0.1, -0.05) is 44.4 Å². The number of hydroxylamine groups is 1. The molecule has 6 heteroatoms. The first-order valence-corrected chi connectivity index (χ1v) is 8.57. The summed E-state index contributed by atoms with van der Waals surface area (Å²) in [6.45, 7) is 2.66. The molecular formula is C18H26N2O4. The first-order chi connectivity index (χ1) is 11.7. The Morgan fingerprint density at radius 2 is 1.88 bits per heavy atom. The Morgan fingerprint density at radius 1 is 1.21 bits per heavy atom. The van der Waals surface area contributed by atoms with E-state index in [2.05, 4.69) is 29.0 Å². The smallest absolute Gasteiger partial charge is 0.440 e. The Bertz CT molecular complexity index is 538. The number of carbonyl (C=O) groups excluding carboxylic acids is 2. The van der Waals surface area contributed by atoms with E-state index in [4.69, 9.17) is 4.84 Å². The molecule has 24 heavy (non-hydrogen) atoms. The molecule has 3 aliphatic rings. The molecule has 1 fully saturated rings. The summed E-state index contributed by atoms with van der Waals surface area (Å²) < 4.78 is 4.34. The van der Waals surface area contributed by atoms with Crippen LogP contribution in [-0.2, 0) is 9.57 Å². The minimum atomic E-state index is -0.775. The third-order valence-electron chi connectivity index (χ3n) is 4.23. The van der Waals surface area contributed by atoms with E-state index in [1.165, 1.54) is 24.7 Å². The normalized spacial score (nSPS) is 14.8. The lowest BCUT2D eigenvalue weighted by Gasteiger charge is -2.32. The van der Waals surface area contributed by atoms with Gasteiger partial charge in [0.05, 0.1) is 7.11 Å². The molecule has 6 nitrogen and oxygen atoms in total. The van der Waals surface area contributed by atoms with Gasteiger partial charge in [-0.05, 0) is 36.5 Å². The molecule has 3 aliphatic carbocycles. The molecule has 2 amide bonds. The van der Waals surface area contributed by atoms with Crippen molar-refractivity contribution in [3.05, 3.63) is 24.3 Å². The van der Waals surface area contributed by atoms with Gasteiger partial charge >= 0.3 is 12.2 Å². The fourth-order valence-corrected chi connectivity index (χ4v) is 2.92. The number of hydrogen-bond donors (Lipinski definition) is 1. The average molecular weight is 334 g/mol. The number of hydrogen-bond acceptors (Lipinski definition) is 4. The van der Waals surface area contributed by atoms with E-state index in [1.54, 1.807) is 4.90 Å². The molecule has 0 saturated heterocycles. The second-order valence-electron chi connectivity index (χ2n) is 6.03. The summed E-state index contributed by atoms with van der Waals surface area (Å²) in [5, 5.41) is 0. The van der Waals surface area contributed by atoms with Gasteiger partial charge in [0.15, 0.2) is 0 Å². The zero-order chi connectivity index (χ0) is 17.4. The molecular weight excluding hydrogens is 308 g/mol. The van der Waals surface area contributed by atoms with Crippen molar-refractivity contribution in [1.29, 1.82) is 0 Å². The first-order valence-electron chi connectivity index (χ1n) is 8.57. The maximum Gasteiger partial charge on any atom is 0.440 e. The van der Waals surface area contributed by atoms with E-state index in [-0.39, 0.29) is 6.04 Å². The van der Waals surface area contributed by atoms with Crippen LogP contribution in [0.25, 0.3) is 11.1 Å². The van der Waals surface area contributed by atoms with E-state index >= 15 is 0 Å². The van der Waals surface area contributed by atoms with Gasteiger partial charge in [0.1, 0.15) is 0 Å². The topological polar surface area (TPSA) is 67.9 Å². The van der Waals surface area contributed by atoms with Crippen LogP contribution in [0.1, 0.15) is 45.4 Å². The van der Waals surface area contributed by atoms with Crippen molar-refractivity contribution < 1.29 is 19.2 Å². The van der Waals surface area contributed by atoms with Crippen molar-refractivity contribution in [2.45, 2.75) is 51.5 Å². The maximum atomic E-state index is 11.9. The number of fused-ring (bicyclic) bond motifs is 1. The van der Waals surface area contributed by atoms with Crippen LogP contribution in [0.3, 0.4) is 0 Å². The summed E-state index contributed by atoms with van der Waals surface area (Å²) in [7, 11) is 1.22. The van der Waals surface area contributed by atoms with Gasteiger partial charge in [0, 0.05) is 12.6 Å². The van der Waals surface area contributed by atoms with Crippen LogP contribution in [0.15, 0.2) is 24.3 Å². The standard InChI is InChI=1S/C12H22N2O4.C6H4/c1-3-9-14(10-7-5-4-6-8-10)12(16)18-13-11(15)17-2;1-2-5-4-6(5)3-1/h10H,3-9H2,1-2H3,(H,13,15);1-4H. The number of nitrogens with zero attached hydrogens (tertiary/aromatic N) is 1. The van der Waals surface area contributed by atoms with Gasteiger partial charge in [-0.3, -0.25) is 0 Å². The van der Waals surface area contributed by atoms with E-state index in [0.717, 1.165) is 32.1 Å². The highest BCUT2D eigenvalue weighted by atomic mass is 16.7. The summed E-state index contributed by atoms with van der Waals surface area (Å²) in [6.07, 6.45) is 5.11. The van der Waals surface area contributed by atoms with Crippen molar-refractivity contribution in [3.63, 3.8) is 0 Å². The van der Waals surface area contributed by atoms with Crippen molar-refractivity contribution >= 4 is 12.2 Å². The highest BCUT2D eigenvalue weighted by Crippen LogP contribution is 2.32. The van der Waals surface area contributed by atoms with Crippen molar-refractivity contribution in [3.8, 4) is 11.1 Å². The Morgan fingerprint density at radius 3 is 2.33 bits per heavy atom. The summed E-state index contributed by atoms with van der Waals surface area (Å²) in [5.41, 5.74) is 4.81. The first kappa shape index (κ1) is 18.1. The van der Waals surface area contributed by atoms with Crippen molar-refractivity contribution in [2.75, 3.05) is 13.7 Å². The molecule has 0 unspecified atom stereocenters. The van der Waals surface area contributed by atoms with Crippen molar-refractivity contribution in [2.24, 2.45) is 0 Å². The summed E-state index contributed by atoms with van der Waals surface area (Å²) in [5.74, 6) is 0. The predicted molar refractivity (Wildman–Crippen MR) is 91.3 cm³/mol. The van der Waals surface area contributed by atoms with Crippen molar-refractivity contribution in [1.82, 2.24) is 10.4 Å². The summed E-state index contributed by atoms with van der Waals surface area (Å²) in [4.78, 5) is 29.2. The van der Waals surface area contributed by atoms with Gasteiger partial charge < -0.3 is 14.5 Å². The van der Waals surface area contributed by atoms with Crippen LogP contribution in [0, 0.1) is 0 Å². The number of benzene rings is 1. The Balaban J connectivity index is 0.000000282. The highest BCUT2D eigenvalue weighted by molar-refractivity contribution is 5.80. The van der Waals surface area contributed by atoms with Gasteiger partial charge in [0.2, 0.25) is 0 Å². The number of methoxy groups -OCH3 is 1. The molecule has 1 saturated carbocycles. The predicted octanol–water partition coefficient (Wildman–Crippen LogP) is 4.11. The molecule has 1 N–H and O–H groups in total. The van der Waals surface area contributed by atoms with Crippen LogP contribution in [0.4, 0.5) is 9.59 Å². The van der Waals surface area contributed by atoms with Crippen LogP contribution in [0.2, 0.25) is 0 Å². The molecule has 3 rings (SSSR count). The van der Waals surface area contributed by atoms with Crippen LogP contribution in [0.5, 0.6) is 0 Å². The van der Waals surface area contributed by atoms with E-state index in [9.17, 15) is 9.59 Å². The molecule has 0 atom stereocenters. The number of ether oxygens (including phenoxy) is 1. The monoisotopic (exact) mass is 334 g/mol. The number of nitrogens with one attached hydrogen (secondary N) is 1. The van der Waals surface area contributed by atoms with Gasteiger partial charge in [0.25, 0.3) is 0 Å². The molecule has 0 spiro atoms. The number of amides is 2. The van der Waals surface area contributed by atoms with Gasteiger partial charge in [-0.15, -0.1) is 5.48 Å². The molecule has 0 aromatic heterocycles. The van der Waals surface area contributed by atoms with Gasteiger partial charge in [-0.25, -0.2) is 9.59 Å². The Kier molecular flexibility index (Phi) is 6.90. The molecule has 0 aromatic rings. The van der Waals surface area contributed by atoms with Gasteiger partial charge in [-0.2, -0.15) is 0 Å². The van der Waals surface area contributed by atoms with Crippen LogP contribution < -0.4 is 5.48 Å². The summed E-state index contributed by atoms with van der Waals surface area (Å²) in [6, 6.07) is 8.71. The molecule has 0 bridgehead atoms. The SMILES string of the molecule is CCCN(C(=O)ONC(=O)OC)C1CCCCC1.c1cc2cc-2c1. The third-order valence-corrected chi connectivity index (χ3v) is 4.23. The largest absolute Gasteiger partial charge is 0.451 e. The molecule has 0 aliphatic heterocycles. The second kappa shape index (κ2) is 9.15. The minimum Gasteiger partial charge on any atom is -0.451 e. The fraction of sp³-hybridized carbons (Fsp3) is 0.556. The average Bonchev–Trinajstić information content (AvgIpc) is 3.23. The minimum absolute atomic E-state index is 0.227. The Labute approximate surface area is 143 Å². The lowest BCUT2D eigenvalue weighted by atomic mass is 9.94. The number of rotatable bonds is 3. The second-order valence-corrected chi connectivity index (χ2v) is 6.03. The van der Waals surface area contributed by atoms with E-state index in [0.29, 0.717) is 6.54 Å². The molecule has 0 aromatic carbocycles. The van der Waals surface area contributed by atoms with Crippen LogP contribution >= 0.6 is 0 Å². The van der Waals surface area contributed by atoms with Crippen LogP contribution in [-0.4, -0.2) is 36.8 Å². The lowest BCUT2D eigenvalue weighted by Crippen LogP contribution is -2.44. The number of carbonyl (C=O) groups is 2. The fourth-order valence-electron chi connectivity index (χ4n) is 2.92. The Hall–Kier alpha value is -2.24. The molecule has 132 valence electrons. The molecule has 0 radical (unpaired) electrons. The quantitative estimate of drug-likeness (QED) is 0.858. The highest BCUT2D eigenvalue weighted by Gasteiger charge is 2.26. The third kappa shape index (κ3) is 5.44. The lowest BCUT2D eigenvalue weighted by molar-refractivity contribution is 0.0343. The zero-order valence-electron chi connectivity index (χ0n) is 14.4. The van der Waals surface area contributed by atoms with E-state index in [1.807, 2.05) is 12.4 Å².